The molecule has 21 heavy (non-hydrogen) atoms. The van der Waals surface area contributed by atoms with Gasteiger partial charge in [-0.3, -0.25) is 9.59 Å². The third-order valence-corrected chi connectivity index (χ3v) is 3.86. The number of likely N-dealkylation sites (tertiary alicyclic amines) is 1. The smallest absolute Gasteiger partial charge is 0.244 e. The molecule has 1 aromatic rings. The minimum absolute atomic E-state index is 0.168. The zero-order valence-corrected chi connectivity index (χ0v) is 11.0. The van der Waals surface area contributed by atoms with Gasteiger partial charge in [0.2, 0.25) is 5.91 Å². The second kappa shape index (κ2) is 4.67. The number of carbonyl (C=O) groups excluding carboxylic acids is 2. The van der Waals surface area contributed by atoms with Crippen LogP contribution in [0.15, 0.2) is 48.6 Å². The number of hydrogen-bond donors (Lipinski definition) is 0. The average Bonchev–Trinajstić information content (AvgIpc) is 2.49. The van der Waals surface area contributed by atoms with Gasteiger partial charge in [0.25, 0.3) is 0 Å². The number of allylic oxidation sites excluding steroid dienone is 2. The summed E-state index contributed by atoms with van der Waals surface area (Å²) >= 11 is 0. The van der Waals surface area contributed by atoms with E-state index < -0.39 is 11.5 Å². The number of rotatable bonds is 2. The zero-order chi connectivity index (χ0) is 15.0. The number of ketones is 1. The van der Waals surface area contributed by atoms with Crippen LogP contribution in [0.5, 0.6) is 0 Å². The van der Waals surface area contributed by atoms with E-state index in [2.05, 4.69) is 0 Å². The van der Waals surface area contributed by atoms with Gasteiger partial charge in [-0.2, -0.15) is 5.26 Å². The average molecular weight is 282 g/mol. The molecule has 0 saturated carbocycles. The van der Waals surface area contributed by atoms with E-state index in [4.69, 9.17) is 5.26 Å². The summed E-state index contributed by atoms with van der Waals surface area (Å²) in [7, 11) is 0. The fourth-order valence-electron chi connectivity index (χ4n) is 2.69. The highest BCUT2D eigenvalue weighted by molar-refractivity contribution is 6.03. The number of amides is 1. The van der Waals surface area contributed by atoms with E-state index in [-0.39, 0.29) is 24.1 Å². The predicted molar refractivity (Wildman–Crippen MR) is 72.1 cm³/mol. The number of benzene rings is 1. The van der Waals surface area contributed by atoms with E-state index in [0.29, 0.717) is 0 Å². The third kappa shape index (κ3) is 1.96. The Morgan fingerprint density at radius 3 is 2.38 bits per heavy atom. The van der Waals surface area contributed by atoms with Crippen molar-refractivity contribution in [2.45, 2.75) is 12.1 Å². The van der Waals surface area contributed by atoms with Gasteiger partial charge in [-0.15, -0.1) is 0 Å². The number of nitriles is 1. The topological polar surface area (TPSA) is 61.2 Å². The lowest BCUT2D eigenvalue weighted by molar-refractivity contribution is -0.157. The molecule has 4 nitrogen and oxygen atoms in total. The van der Waals surface area contributed by atoms with Crippen molar-refractivity contribution in [2.24, 2.45) is 5.92 Å². The molecule has 1 aliphatic carbocycles. The van der Waals surface area contributed by atoms with Crippen molar-refractivity contribution in [1.29, 1.82) is 5.26 Å². The maximum atomic E-state index is 12.9. The van der Waals surface area contributed by atoms with Crippen LogP contribution in [-0.2, 0) is 16.1 Å². The van der Waals surface area contributed by atoms with Crippen molar-refractivity contribution in [2.75, 3.05) is 0 Å². The summed E-state index contributed by atoms with van der Waals surface area (Å²) in [6.07, 6.45) is 5.92. The van der Waals surface area contributed by atoms with E-state index in [0.717, 1.165) is 5.56 Å². The van der Waals surface area contributed by atoms with E-state index >= 15 is 0 Å². The molecule has 1 unspecified atom stereocenters. The summed E-state index contributed by atoms with van der Waals surface area (Å²) in [5.74, 6) is -1.62. The number of nitrogens with zero attached hydrogens (tertiary/aromatic N) is 2. The van der Waals surface area contributed by atoms with Crippen LogP contribution >= 0.6 is 0 Å². The van der Waals surface area contributed by atoms with Gasteiger partial charge in [-0.25, -0.2) is 4.39 Å². The van der Waals surface area contributed by atoms with Crippen LogP contribution in [0.2, 0.25) is 0 Å². The van der Waals surface area contributed by atoms with Crippen molar-refractivity contribution >= 4 is 11.7 Å². The lowest BCUT2D eigenvalue weighted by Crippen LogP contribution is -2.68. The third-order valence-electron chi connectivity index (χ3n) is 3.86. The molecule has 104 valence electrons. The summed E-state index contributed by atoms with van der Waals surface area (Å²) in [6.45, 7) is 0.264. The van der Waals surface area contributed by atoms with Crippen LogP contribution in [0.1, 0.15) is 5.56 Å². The molecule has 1 amide bonds. The first-order valence-electron chi connectivity index (χ1n) is 6.45. The maximum absolute atomic E-state index is 12.9. The van der Waals surface area contributed by atoms with Crippen LogP contribution in [0, 0.1) is 23.1 Å². The molecule has 1 aliphatic heterocycles. The van der Waals surface area contributed by atoms with Crippen molar-refractivity contribution < 1.29 is 14.0 Å². The molecule has 2 aliphatic rings. The Balaban J connectivity index is 1.91. The molecule has 1 aromatic carbocycles. The van der Waals surface area contributed by atoms with Crippen LogP contribution < -0.4 is 0 Å². The van der Waals surface area contributed by atoms with Gasteiger partial charge >= 0.3 is 0 Å². The Morgan fingerprint density at radius 1 is 1.19 bits per heavy atom. The summed E-state index contributed by atoms with van der Waals surface area (Å²) < 4.78 is 12.9. The molecule has 1 heterocycles. The summed E-state index contributed by atoms with van der Waals surface area (Å²) in [6, 6.07) is 7.82. The number of halogens is 1. The number of hydrogen-bond acceptors (Lipinski definition) is 3. The Hall–Kier alpha value is -2.74. The lowest BCUT2D eigenvalue weighted by atomic mass is 9.71. The molecule has 1 fully saturated rings. The minimum atomic E-state index is -0.867. The minimum Gasteiger partial charge on any atom is -0.323 e. The van der Waals surface area contributed by atoms with Crippen molar-refractivity contribution in [1.82, 2.24) is 4.90 Å². The van der Waals surface area contributed by atoms with E-state index in [9.17, 15) is 14.0 Å². The van der Waals surface area contributed by atoms with Crippen molar-refractivity contribution in [3.05, 3.63) is 60.0 Å². The first kappa shape index (κ1) is 13.3. The highest BCUT2D eigenvalue weighted by atomic mass is 19.1. The molecule has 0 aromatic heterocycles. The molecular weight excluding hydrogens is 271 g/mol. The van der Waals surface area contributed by atoms with Gasteiger partial charge in [0, 0.05) is 6.54 Å². The molecule has 1 saturated heterocycles. The van der Waals surface area contributed by atoms with E-state index in [1.807, 2.05) is 6.07 Å². The highest BCUT2D eigenvalue weighted by Gasteiger charge is 2.58. The molecule has 1 spiro atoms. The van der Waals surface area contributed by atoms with Crippen molar-refractivity contribution in [3.8, 4) is 6.07 Å². The highest BCUT2D eigenvalue weighted by Crippen LogP contribution is 2.42. The first-order valence-corrected chi connectivity index (χ1v) is 6.45. The zero-order valence-electron chi connectivity index (χ0n) is 11.0. The summed E-state index contributed by atoms with van der Waals surface area (Å²) in [4.78, 5) is 24.9. The second-order valence-electron chi connectivity index (χ2n) is 5.07. The van der Waals surface area contributed by atoms with Crippen LogP contribution in [-0.4, -0.2) is 22.1 Å². The molecule has 0 N–H and O–H groups in total. The van der Waals surface area contributed by atoms with E-state index in [1.165, 1.54) is 29.2 Å². The quantitative estimate of drug-likeness (QED) is 0.776. The monoisotopic (exact) mass is 282 g/mol. The fraction of sp³-hybridized carbons (Fsp3) is 0.188. The summed E-state index contributed by atoms with van der Waals surface area (Å²) in [5, 5.41) is 9.16. The second-order valence-corrected chi connectivity index (χ2v) is 5.07. The van der Waals surface area contributed by atoms with Crippen molar-refractivity contribution in [3.63, 3.8) is 0 Å². The van der Waals surface area contributed by atoms with Crippen LogP contribution in [0.4, 0.5) is 4.39 Å². The maximum Gasteiger partial charge on any atom is 0.244 e. The summed E-state index contributed by atoms with van der Waals surface area (Å²) in [5.41, 5.74) is -0.104. The van der Waals surface area contributed by atoms with Crippen LogP contribution in [0.25, 0.3) is 0 Å². The Bertz CT molecular complexity index is 697. The largest absolute Gasteiger partial charge is 0.323 e. The normalized spacial score (nSPS) is 22.3. The molecule has 3 rings (SSSR count). The van der Waals surface area contributed by atoms with Gasteiger partial charge in [-0.05, 0) is 42.0 Å². The molecule has 5 heteroatoms. The lowest BCUT2D eigenvalue weighted by Gasteiger charge is -2.52. The SMILES string of the molecule is N#CC1C(=O)N(Cc2ccc(F)cc2)C12C=CC(=O)C=C2. The van der Waals surface area contributed by atoms with Crippen LogP contribution in [0.3, 0.4) is 0 Å². The Labute approximate surface area is 120 Å². The first-order chi connectivity index (χ1) is 10.1. The molecule has 0 radical (unpaired) electrons. The number of carbonyl (C=O) groups is 2. The molecular formula is C16H11FN2O2. The predicted octanol–water partition coefficient (Wildman–Crippen LogP) is 1.74. The fourth-order valence-corrected chi connectivity index (χ4v) is 2.69. The van der Waals surface area contributed by atoms with Gasteiger partial charge < -0.3 is 4.90 Å². The molecule has 1 atom stereocenters. The van der Waals surface area contributed by atoms with Gasteiger partial charge in [0.15, 0.2) is 11.7 Å². The Kier molecular flexibility index (Phi) is 2.95. The van der Waals surface area contributed by atoms with E-state index in [1.54, 1.807) is 24.3 Å². The van der Waals surface area contributed by atoms with Gasteiger partial charge in [0.1, 0.15) is 11.4 Å². The number of β-lactam (4-membered cyclic amide) rings is 1. The Morgan fingerprint density at radius 2 is 1.81 bits per heavy atom. The van der Waals surface area contributed by atoms with Gasteiger partial charge in [-0.1, -0.05) is 12.1 Å². The standard InChI is InChI=1S/C16H11FN2O2/c17-12-3-1-11(2-4-12)10-19-15(21)14(9-18)16(19)7-5-13(20)6-8-16/h1-8,14H,10H2. The van der Waals surface area contributed by atoms with Gasteiger partial charge in [0.05, 0.1) is 6.07 Å². The molecule has 0 bridgehead atoms.